The maximum atomic E-state index is 4.88. The SMILES string of the molecule is C1CCC[N-]CC1.[Cl][Pt+2][Cl].[NH2-]. The summed E-state index contributed by atoms with van der Waals surface area (Å²) in [5, 5.41) is 4.27. The Bertz CT molecular complexity index is 46.9. The molecule has 0 aromatic heterocycles. The standard InChI is InChI=1S/C6H12N.2ClH.H2N.Pt/c1-2-4-6-7-5-3-1;;;;/h1-6H2;2*1H;1H2;/q-1;;;-1;+4/p-2. The average molecular weight is 380 g/mol. The Hall–Kier alpha value is 1.19. The fourth-order valence-corrected chi connectivity index (χ4v) is 0.913. The van der Waals surface area contributed by atoms with Gasteiger partial charge in [0.05, 0.1) is 0 Å². The van der Waals surface area contributed by atoms with Crippen LogP contribution in [0, 0.1) is 0 Å². The van der Waals surface area contributed by atoms with Gasteiger partial charge >= 0.3 is 35.3 Å². The van der Waals surface area contributed by atoms with Crippen LogP contribution in [0.25, 0.3) is 11.5 Å². The molecule has 1 rings (SSSR count). The molecule has 0 aromatic carbocycles. The quantitative estimate of drug-likeness (QED) is 0.610. The molecule has 0 aromatic rings. The van der Waals surface area contributed by atoms with Crippen molar-refractivity contribution < 1.29 is 16.5 Å². The molecule has 72 valence electrons. The van der Waals surface area contributed by atoms with Crippen molar-refractivity contribution in [2.75, 3.05) is 13.1 Å². The van der Waals surface area contributed by atoms with Crippen LogP contribution in [-0.2, 0) is 16.5 Å². The molecule has 1 fully saturated rings. The van der Waals surface area contributed by atoms with E-state index in [-0.39, 0.29) is 6.15 Å². The molecule has 0 saturated carbocycles. The monoisotopic (exact) mass is 379 g/mol. The summed E-state index contributed by atoms with van der Waals surface area (Å²) in [6, 6.07) is 0. The molecule has 0 aliphatic carbocycles. The maximum absolute atomic E-state index is 4.88. The van der Waals surface area contributed by atoms with Crippen molar-refractivity contribution in [1.82, 2.24) is 0 Å². The van der Waals surface area contributed by atoms with Gasteiger partial charge in [0, 0.05) is 0 Å². The molecule has 0 radical (unpaired) electrons. The van der Waals surface area contributed by atoms with Crippen LogP contribution in [0.2, 0.25) is 0 Å². The molecule has 11 heavy (non-hydrogen) atoms. The molecule has 0 spiro atoms. The minimum absolute atomic E-state index is 0. The van der Waals surface area contributed by atoms with Gasteiger partial charge < -0.3 is 11.5 Å². The van der Waals surface area contributed by atoms with Crippen molar-refractivity contribution in [2.45, 2.75) is 25.7 Å². The van der Waals surface area contributed by atoms with E-state index in [1.165, 1.54) is 25.7 Å². The Kier molecular flexibility index (Phi) is 18.4. The molecule has 0 amide bonds. The van der Waals surface area contributed by atoms with Crippen LogP contribution in [-0.4, -0.2) is 13.1 Å². The van der Waals surface area contributed by atoms with Crippen molar-refractivity contribution in [2.24, 2.45) is 0 Å². The molecular formula is C6H14Cl2N2Pt. The zero-order valence-corrected chi connectivity index (χ0v) is 10.1. The summed E-state index contributed by atoms with van der Waals surface area (Å²) < 4.78 is 0. The molecular weight excluding hydrogens is 366 g/mol. The molecule has 1 heterocycles. The molecule has 1 aliphatic heterocycles. The largest absolute Gasteiger partial charge is 0.693 e. The second-order valence-corrected chi connectivity index (χ2v) is 5.41. The third-order valence-electron chi connectivity index (χ3n) is 1.38. The van der Waals surface area contributed by atoms with E-state index in [1.54, 1.807) is 0 Å². The first-order valence-electron chi connectivity index (χ1n) is 3.37. The minimum Gasteiger partial charge on any atom is -0.693 e. The van der Waals surface area contributed by atoms with E-state index in [0.29, 0.717) is 0 Å². The third-order valence-corrected chi connectivity index (χ3v) is 1.38. The summed E-state index contributed by atoms with van der Waals surface area (Å²) >= 11 is -0.472. The molecule has 0 atom stereocenters. The fraction of sp³-hybridized carbons (Fsp3) is 1.00. The van der Waals surface area contributed by atoms with E-state index in [1.807, 2.05) is 0 Å². The van der Waals surface area contributed by atoms with Crippen LogP contribution in [0.15, 0.2) is 0 Å². The van der Waals surface area contributed by atoms with Crippen molar-refractivity contribution >= 4 is 18.8 Å². The van der Waals surface area contributed by atoms with Crippen LogP contribution in [0.1, 0.15) is 25.7 Å². The van der Waals surface area contributed by atoms with E-state index in [0.717, 1.165) is 13.1 Å². The smallest absolute Gasteiger partial charge is 0.693 e. The average Bonchev–Trinajstić information content (AvgIpc) is 2.17. The van der Waals surface area contributed by atoms with Gasteiger partial charge in [0.1, 0.15) is 0 Å². The van der Waals surface area contributed by atoms with E-state index in [9.17, 15) is 0 Å². The summed E-state index contributed by atoms with van der Waals surface area (Å²) in [6.07, 6.45) is 5.48. The molecule has 5 heteroatoms. The van der Waals surface area contributed by atoms with Gasteiger partial charge in [-0.25, -0.2) is 0 Å². The Morgan fingerprint density at radius 3 is 1.64 bits per heavy atom. The molecule has 0 bridgehead atoms. The fourth-order valence-electron chi connectivity index (χ4n) is 0.913. The van der Waals surface area contributed by atoms with Gasteiger partial charge in [0.2, 0.25) is 0 Å². The van der Waals surface area contributed by atoms with E-state index in [2.05, 4.69) is 5.32 Å². The third kappa shape index (κ3) is 14.1. The van der Waals surface area contributed by atoms with Gasteiger partial charge in [0.25, 0.3) is 0 Å². The van der Waals surface area contributed by atoms with Gasteiger partial charge in [-0.15, -0.1) is 13.1 Å². The molecule has 1 aliphatic rings. The maximum Gasteiger partial charge on any atom is -0.693 e. The van der Waals surface area contributed by atoms with Gasteiger partial charge in [-0.2, -0.15) is 0 Å². The molecule has 1 saturated heterocycles. The topological polar surface area (TPSA) is 47.6 Å². The number of nitrogens with two attached hydrogens (primary N) is 1. The predicted octanol–water partition coefficient (Wildman–Crippen LogP) is 4.03. The molecule has 2 nitrogen and oxygen atoms in total. The number of hydrogen-bond donors (Lipinski definition) is 0. The van der Waals surface area contributed by atoms with Crippen LogP contribution in [0.5, 0.6) is 0 Å². The normalized spacial score (nSPS) is 17.3. The zero-order chi connectivity index (χ0) is 7.66. The van der Waals surface area contributed by atoms with Gasteiger partial charge in [-0.05, 0) is 0 Å². The van der Waals surface area contributed by atoms with Crippen molar-refractivity contribution in [3.8, 4) is 0 Å². The van der Waals surface area contributed by atoms with E-state index in [4.69, 9.17) is 18.8 Å². The van der Waals surface area contributed by atoms with Crippen molar-refractivity contribution in [1.29, 1.82) is 0 Å². The Morgan fingerprint density at radius 1 is 0.909 bits per heavy atom. The molecule has 0 unspecified atom stereocenters. The first kappa shape index (κ1) is 14.7. The second kappa shape index (κ2) is 13.8. The number of nitrogens with zero attached hydrogens (tertiary/aromatic N) is 1. The summed E-state index contributed by atoms with van der Waals surface area (Å²) in [5.41, 5.74) is 0. The van der Waals surface area contributed by atoms with Crippen LogP contribution < -0.4 is 0 Å². The first-order valence-corrected chi connectivity index (χ1v) is 9.00. The Morgan fingerprint density at radius 2 is 1.27 bits per heavy atom. The number of hydrogen-bond acceptors (Lipinski definition) is 0. The minimum atomic E-state index is -0.472. The number of rotatable bonds is 0. The van der Waals surface area contributed by atoms with E-state index < -0.39 is 16.5 Å². The van der Waals surface area contributed by atoms with Crippen LogP contribution in [0.3, 0.4) is 0 Å². The van der Waals surface area contributed by atoms with Gasteiger partial charge in [-0.1, -0.05) is 25.7 Å². The second-order valence-electron chi connectivity index (χ2n) is 2.13. The van der Waals surface area contributed by atoms with Crippen molar-refractivity contribution in [3.63, 3.8) is 0 Å². The molecule has 2 N–H and O–H groups in total. The van der Waals surface area contributed by atoms with E-state index >= 15 is 0 Å². The Labute approximate surface area is 85.4 Å². The predicted molar refractivity (Wildman–Crippen MR) is 48.6 cm³/mol. The van der Waals surface area contributed by atoms with Gasteiger partial charge in [-0.3, -0.25) is 0 Å². The zero-order valence-electron chi connectivity index (χ0n) is 6.34. The summed E-state index contributed by atoms with van der Waals surface area (Å²) in [6.45, 7) is 2.25. The van der Waals surface area contributed by atoms with Crippen LogP contribution >= 0.6 is 18.8 Å². The summed E-state index contributed by atoms with van der Waals surface area (Å²) in [7, 11) is 9.75. The number of halogens is 2. The first-order chi connectivity index (χ1) is 4.91. The summed E-state index contributed by atoms with van der Waals surface area (Å²) in [4.78, 5) is 0. The summed E-state index contributed by atoms with van der Waals surface area (Å²) in [5.74, 6) is 0. The van der Waals surface area contributed by atoms with Gasteiger partial charge in [0.15, 0.2) is 0 Å². The van der Waals surface area contributed by atoms with Crippen LogP contribution in [0.4, 0.5) is 0 Å². The Balaban J connectivity index is 0. The van der Waals surface area contributed by atoms with Crippen molar-refractivity contribution in [3.05, 3.63) is 11.5 Å².